The molecule has 0 amide bonds. The Hall–Kier alpha value is -0.640. The van der Waals surface area contributed by atoms with Gasteiger partial charge in [0, 0.05) is 13.0 Å². The predicted octanol–water partition coefficient (Wildman–Crippen LogP) is -1.60. The minimum absolute atomic E-state index is 0.929. The molecule has 2 heterocycles. The first-order valence-corrected chi connectivity index (χ1v) is 5.49. The highest BCUT2D eigenvalue weighted by molar-refractivity contribution is 4.96. The van der Waals surface area contributed by atoms with Crippen molar-refractivity contribution in [3.05, 3.63) is 38.5 Å². The Kier molecular flexibility index (Phi) is 5.02. The van der Waals surface area contributed by atoms with Gasteiger partial charge < -0.3 is 15.1 Å². The van der Waals surface area contributed by atoms with E-state index in [1.54, 1.807) is 0 Å². The predicted molar refractivity (Wildman–Crippen MR) is 63.0 cm³/mol. The van der Waals surface area contributed by atoms with Gasteiger partial charge in [-0.25, -0.2) is 0 Å². The van der Waals surface area contributed by atoms with Gasteiger partial charge in [0.25, 0.3) is 0 Å². The summed E-state index contributed by atoms with van der Waals surface area (Å²) in [6, 6.07) is 0. The zero-order valence-corrected chi connectivity index (χ0v) is 9.57. The van der Waals surface area contributed by atoms with Gasteiger partial charge in [0.15, 0.2) is 0 Å². The van der Waals surface area contributed by atoms with E-state index < -0.39 is 0 Å². The SMILES string of the molecule is C=C1CC[NH+]([CH2-])C1.C=C1CNCC[NH+]1[CH2-]. The summed E-state index contributed by atoms with van der Waals surface area (Å²) in [5.41, 5.74) is 2.52. The topological polar surface area (TPSA) is 20.9 Å². The number of hydrogen-bond donors (Lipinski definition) is 3. The van der Waals surface area contributed by atoms with Crippen molar-refractivity contribution < 1.29 is 9.80 Å². The minimum atomic E-state index is 0.929. The van der Waals surface area contributed by atoms with Crippen LogP contribution in [0, 0.1) is 14.1 Å². The van der Waals surface area contributed by atoms with Gasteiger partial charge in [0.1, 0.15) is 0 Å². The molecule has 0 saturated carbocycles. The monoisotopic (exact) mass is 209 g/mol. The van der Waals surface area contributed by atoms with E-state index in [1.807, 2.05) is 0 Å². The standard InChI is InChI=1S/C6H12N2.C6H11N/c1-6-5-7-3-4-8(6)2;1-6-3-4-7(2)5-6/h7-8H,1-5H2;7H,1-5H2. The molecule has 2 unspecified atom stereocenters. The van der Waals surface area contributed by atoms with Crippen molar-refractivity contribution in [3.63, 3.8) is 0 Å². The summed E-state index contributed by atoms with van der Waals surface area (Å²) in [6.07, 6.45) is 1.18. The van der Waals surface area contributed by atoms with Crippen LogP contribution in [0.2, 0.25) is 0 Å². The largest absolute Gasteiger partial charge is 0.464 e. The lowest BCUT2D eigenvalue weighted by Gasteiger charge is -2.27. The quantitative estimate of drug-likeness (QED) is 0.324. The number of quaternary nitrogens is 2. The third kappa shape index (κ3) is 4.60. The lowest BCUT2D eigenvalue weighted by Crippen LogP contribution is -3.07. The van der Waals surface area contributed by atoms with E-state index in [4.69, 9.17) is 0 Å². The molecular formula is C12H23N3. The molecule has 0 bridgehead atoms. The average Bonchev–Trinajstić information content (AvgIpc) is 2.56. The van der Waals surface area contributed by atoms with E-state index in [-0.39, 0.29) is 0 Å². The smallest absolute Gasteiger partial charge is 0.0877 e. The first-order chi connectivity index (χ1) is 7.09. The third-order valence-corrected chi connectivity index (χ3v) is 2.77. The Labute approximate surface area is 93.4 Å². The molecule has 0 aromatic carbocycles. The number of likely N-dealkylation sites (tertiary alicyclic amines) is 1. The Bertz CT molecular complexity index is 235. The molecule has 2 saturated heterocycles. The molecule has 3 N–H and O–H groups in total. The third-order valence-electron chi connectivity index (χ3n) is 2.77. The molecule has 2 aliphatic rings. The maximum atomic E-state index is 3.86. The van der Waals surface area contributed by atoms with Gasteiger partial charge >= 0.3 is 0 Å². The number of nitrogens with one attached hydrogen (secondary N) is 3. The van der Waals surface area contributed by atoms with Crippen molar-refractivity contribution in [2.45, 2.75) is 6.42 Å². The van der Waals surface area contributed by atoms with Crippen LogP contribution >= 0.6 is 0 Å². The minimum Gasteiger partial charge on any atom is -0.464 e. The van der Waals surface area contributed by atoms with Crippen LogP contribution in [0.3, 0.4) is 0 Å². The van der Waals surface area contributed by atoms with Gasteiger partial charge in [0.2, 0.25) is 0 Å². The fourth-order valence-corrected chi connectivity index (χ4v) is 1.66. The zero-order chi connectivity index (χ0) is 11.3. The van der Waals surface area contributed by atoms with Gasteiger partial charge in [-0.3, -0.25) is 0 Å². The Morgan fingerprint density at radius 3 is 2.20 bits per heavy atom. The van der Waals surface area contributed by atoms with Gasteiger partial charge in [0.05, 0.1) is 31.9 Å². The lowest BCUT2D eigenvalue weighted by atomic mass is 10.3. The first kappa shape index (κ1) is 12.4. The molecule has 86 valence electrons. The number of hydrogen-bond acceptors (Lipinski definition) is 1. The molecule has 2 rings (SSSR count). The highest BCUT2D eigenvalue weighted by atomic mass is 15.2. The Morgan fingerprint density at radius 1 is 1.20 bits per heavy atom. The van der Waals surface area contributed by atoms with E-state index in [9.17, 15) is 0 Å². The van der Waals surface area contributed by atoms with Crippen LogP contribution in [-0.2, 0) is 0 Å². The fraction of sp³-hybridized carbons (Fsp3) is 0.500. The molecule has 0 aliphatic carbocycles. The maximum Gasteiger partial charge on any atom is 0.0877 e. The summed E-state index contributed by atoms with van der Waals surface area (Å²) in [5.74, 6) is 0. The summed E-state index contributed by atoms with van der Waals surface area (Å²) >= 11 is 0. The van der Waals surface area contributed by atoms with Crippen molar-refractivity contribution in [1.82, 2.24) is 5.32 Å². The van der Waals surface area contributed by atoms with Gasteiger partial charge in [-0.15, -0.1) is 7.05 Å². The summed E-state index contributed by atoms with van der Waals surface area (Å²) in [6.45, 7) is 13.0. The van der Waals surface area contributed by atoms with E-state index in [0.717, 1.165) is 31.9 Å². The van der Waals surface area contributed by atoms with Crippen LogP contribution in [0.1, 0.15) is 6.42 Å². The van der Waals surface area contributed by atoms with Crippen LogP contribution in [0.4, 0.5) is 0 Å². The van der Waals surface area contributed by atoms with E-state index in [0.29, 0.717) is 0 Å². The molecule has 15 heavy (non-hydrogen) atoms. The van der Waals surface area contributed by atoms with E-state index in [1.165, 1.54) is 28.3 Å². The molecule has 2 atom stereocenters. The molecule has 2 fully saturated rings. The van der Waals surface area contributed by atoms with Gasteiger partial charge in [-0.2, -0.15) is 7.05 Å². The van der Waals surface area contributed by atoms with E-state index >= 15 is 0 Å². The van der Waals surface area contributed by atoms with Crippen molar-refractivity contribution in [2.24, 2.45) is 0 Å². The summed E-state index contributed by atoms with van der Waals surface area (Å²) in [5, 5.41) is 3.20. The zero-order valence-electron chi connectivity index (χ0n) is 9.57. The molecule has 3 heteroatoms. The van der Waals surface area contributed by atoms with Crippen LogP contribution < -0.4 is 15.1 Å². The van der Waals surface area contributed by atoms with E-state index in [2.05, 4.69) is 32.6 Å². The second kappa shape index (κ2) is 6.05. The highest BCUT2D eigenvalue weighted by Crippen LogP contribution is 1.95. The molecule has 0 spiro atoms. The fourth-order valence-electron chi connectivity index (χ4n) is 1.66. The van der Waals surface area contributed by atoms with Crippen LogP contribution in [0.25, 0.3) is 0 Å². The maximum absolute atomic E-state index is 3.86. The summed E-state index contributed by atoms with van der Waals surface area (Å²) < 4.78 is 0. The molecule has 2 aliphatic heterocycles. The van der Waals surface area contributed by atoms with Crippen molar-refractivity contribution in [2.75, 3.05) is 32.7 Å². The van der Waals surface area contributed by atoms with Crippen molar-refractivity contribution in [3.8, 4) is 0 Å². The van der Waals surface area contributed by atoms with Crippen LogP contribution in [0.5, 0.6) is 0 Å². The molecule has 3 nitrogen and oxygen atoms in total. The number of piperazine rings is 1. The molecular weight excluding hydrogens is 186 g/mol. The van der Waals surface area contributed by atoms with Crippen molar-refractivity contribution >= 4 is 0 Å². The number of rotatable bonds is 0. The summed E-state index contributed by atoms with van der Waals surface area (Å²) in [7, 11) is 7.70. The Balaban J connectivity index is 0.000000151. The van der Waals surface area contributed by atoms with Crippen molar-refractivity contribution in [1.29, 1.82) is 0 Å². The lowest BCUT2D eigenvalue weighted by molar-refractivity contribution is -0.837. The Morgan fingerprint density at radius 2 is 1.93 bits per heavy atom. The van der Waals surface area contributed by atoms with Crippen LogP contribution in [-0.4, -0.2) is 32.7 Å². The van der Waals surface area contributed by atoms with Gasteiger partial charge in [-0.1, -0.05) is 6.58 Å². The van der Waals surface area contributed by atoms with Crippen LogP contribution in [0.15, 0.2) is 24.4 Å². The normalized spacial score (nSPS) is 31.1. The molecule has 0 aromatic heterocycles. The second-order valence-electron chi connectivity index (χ2n) is 4.31. The molecule has 0 aromatic rings. The first-order valence-electron chi connectivity index (χ1n) is 5.49. The highest BCUT2D eigenvalue weighted by Gasteiger charge is 2.08. The average molecular weight is 209 g/mol. The molecule has 0 radical (unpaired) electrons. The second-order valence-corrected chi connectivity index (χ2v) is 4.31. The summed E-state index contributed by atoms with van der Waals surface area (Å²) in [4.78, 5) is 2.56. The van der Waals surface area contributed by atoms with Gasteiger partial charge in [-0.05, 0) is 12.2 Å².